The van der Waals surface area contributed by atoms with E-state index >= 15 is 0 Å². The van der Waals surface area contributed by atoms with Crippen LogP contribution < -0.4 is 0 Å². The van der Waals surface area contributed by atoms with E-state index in [2.05, 4.69) is 0 Å². The number of benzene rings is 1. The summed E-state index contributed by atoms with van der Waals surface area (Å²) in [5.74, 6) is -4.43. The van der Waals surface area contributed by atoms with Crippen molar-refractivity contribution in [3.63, 3.8) is 0 Å². The van der Waals surface area contributed by atoms with Gasteiger partial charge in [-0.05, 0) is 37.0 Å². The highest BCUT2D eigenvalue weighted by atomic mass is 16.6. The van der Waals surface area contributed by atoms with Crippen LogP contribution in [0.25, 0.3) is 0 Å². The van der Waals surface area contributed by atoms with Crippen LogP contribution in [0, 0.1) is 23.2 Å². The minimum Gasteiger partial charge on any atom is -0.461 e. The number of hydrogen-bond donors (Lipinski definition) is 0. The molecule has 0 radical (unpaired) electrons. The largest absolute Gasteiger partial charge is 0.461 e. The first-order valence-electron chi connectivity index (χ1n) is 15.3. The van der Waals surface area contributed by atoms with Crippen LogP contribution in [-0.2, 0) is 42.9 Å². The van der Waals surface area contributed by atoms with E-state index in [-0.39, 0.29) is 18.8 Å². The van der Waals surface area contributed by atoms with Crippen LogP contribution in [0.5, 0.6) is 0 Å². The highest BCUT2D eigenvalue weighted by Crippen LogP contribution is 2.51. The summed E-state index contributed by atoms with van der Waals surface area (Å²) < 4.78 is 29.9. The molecule has 1 aromatic rings. The van der Waals surface area contributed by atoms with Crippen molar-refractivity contribution in [1.82, 2.24) is 0 Å². The van der Waals surface area contributed by atoms with Crippen LogP contribution >= 0.6 is 0 Å². The van der Waals surface area contributed by atoms with E-state index in [9.17, 15) is 24.0 Å². The third kappa shape index (κ3) is 8.61. The van der Waals surface area contributed by atoms with Gasteiger partial charge in [0, 0.05) is 45.4 Å². The first kappa shape index (κ1) is 35.5. The fourth-order valence-corrected chi connectivity index (χ4v) is 6.58. The number of carbonyl (C=O) groups excluding carboxylic acids is 5. The zero-order chi connectivity index (χ0) is 33.7. The molecule has 0 amide bonds. The zero-order valence-corrected chi connectivity index (χ0v) is 27.7. The van der Waals surface area contributed by atoms with Crippen LogP contribution in [0.4, 0.5) is 0 Å². The Bertz CT molecular complexity index is 1330. The Labute approximate surface area is 265 Å². The summed E-state index contributed by atoms with van der Waals surface area (Å²) in [6.45, 7) is 14.5. The molecule has 0 spiro atoms. The van der Waals surface area contributed by atoms with Crippen LogP contribution in [0.2, 0.25) is 0 Å². The average Bonchev–Trinajstić information content (AvgIpc) is 3.18. The highest BCUT2D eigenvalue weighted by Gasteiger charge is 2.62. The maximum atomic E-state index is 13.4. The monoisotopic (exact) mass is 626 g/mol. The van der Waals surface area contributed by atoms with E-state index in [1.165, 1.54) is 27.7 Å². The Kier molecular flexibility index (Phi) is 11.4. The van der Waals surface area contributed by atoms with Gasteiger partial charge in [-0.1, -0.05) is 64.1 Å². The maximum Gasteiger partial charge on any atom is 0.338 e. The van der Waals surface area contributed by atoms with E-state index in [0.717, 1.165) is 0 Å². The van der Waals surface area contributed by atoms with Crippen molar-refractivity contribution in [1.29, 1.82) is 0 Å². The van der Waals surface area contributed by atoms with Gasteiger partial charge in [-0.2, -0.15) is 0 Å². The lowest BCUT2D eigenvalue weighted by Gasteiger charge is -2.43. The Morgan fingerprint density at radius 2 is 1.40 bits per heavy atom. The van der Waals surface area contributed by atoms with Crippen LogP contribution in [0.3, 0.4) is 0 Å². The standard InChI is InChI=1S/C35H46O10/c1-20-15-16-34(8,9)30(42-24(5)37)18-29(41-23(4)36)21(2)17-28-31(44-33(40)27-13-11-10-12-14-27)22(3)19-35(28,45-26(7)39)32(20)43-25(6)38/h10-17,20,22,28-32H,18-19H2,1-9H3/b16-15+,21-17+/t20-,22-,28-,29+,30+,31-,32+,35+/m0/s1. The summed E-state index contributed by atoms with van der Waals surface area (Å²) in [6.07, 6.45) is 2.48. The van der Waals surface area contributed by atoms with E-state index in [1.807, 2.05) is 39.8 Å². The van der Waals surface area contributed by atoms with Crippen LogP contribution in [0.1, 0.15) is 85.5 Å². The van der Waals surface area contributed by atoms with Crippen molar-refractivity contribution in [2.75, 3.05) is 0 Å². The number of carbonyl (C=O) groups is 5. The molecule has 2 aliphatic rings. The van der Waals surface area contributed by atoms with Crippen molar-refractivity contribution < 1.29 is 47.7 Å². The van der Waals surface area contributed by atoms with Gasteiger partial charge in [0.2, 0.25) is 0 Å². The molecule has 8 atom stereocenters. The van der Waals surface area contributed by atoms with E-state index < -0.39 is 77.1 Å². The maximum absolute atomic E-state index is 13.4. The van der Waals surface area contributed by atoms with Gasteiger partial charge in [-0.3, -0.25) is 19.2 Å². The van der Waals surface area contributed by atoms with E-state index in [0.29, 0.717) is 11.1 Å². The Morgan fingerprint density at radius 3 is 1.96 bits per heavy atom. The lowest BCUT2D eigenvalue weighted by Crippen LogP contribution is -2.55. The molecule has 0 N–H and O–H groups in total. The number of fused-ring (bicyclic) bond motifs is 1. The Hall–Kier alpha value is -3.95. The number of ether oxygens (including phenoxy) is 5. The number of hydrogen-bond acceptors (Lipinski definition) is 10. The van der Waals surface area contributed by atoms with Crippen molar-refractivity contribution in [3.8, 4) is 0 Å². The normalized spacial score (nSPS) is 33.0. The van der Waals surface area contributed by atoms with Gasteiger partial charge < -0.3 is 23.7 Å². The van der Waals surface area contributed by atoms with Gasteiger partial charge in [-0.15, -0.1) is 0 Å². The van der Waals surface area contributed by atoms with Gasteiger partial charge >= 0.3 is 29.8 Å². The molecule has 1 saturated carbocycles. The molecule has 3 rings (SSSR count). The summed E-state index contributed by atoms with van der Waals surface area (Å²) >= 11 is 0. The van der Waals surface area contributed by atoms with Gasteiger partial charge in [0.25, 0.3) is 0 Å². The zero-order valence-electron chi connectivity index (χ0n) is 27.7. The second-order valence-corrected chi connectivity index (χ2v) is 12.9. The van der Waals surface area contributed by atoms with Gasteiger partial charge in [0.05, 0.1) is 11.5 Å². The van der Waals surface area contributed by atoms with Crippen LogP contribution in [-0.4, -0.2) is 59.9 Å². The second kappa shape index (κ2) is 14.4. The molecule has 45 heavy (non-hydrogen) atoms. The lowest BCUT2D eigenvalue weighted by molar-refractivity contribution is -0.195. The lowest BCUT2D eigenvalue weighted by atomic mass is 9.75. The SMILES string of the molecule is CC(=O)O[C@@H]1[C@@H](C)/C=C/C(C)(C)[C@H](OC(C)=O)C[C@@H](OC(C)=O)/C(C)=C/[C@H]2[C@@H](OC(=O)c3ccccc3)[C@@H](C)C[C@]12OC(C)=O. The third-order valence-corrected chi connectivity index (χ3v) is 8.61. The molecule has 0 saturated heterocycles. The number of esters is 5. The quantitative estimate of drug-likeness (QED) is 0.225. The molecular weight excluding hydrogens is 580 g/mol. The van der Waals surface area contributed by atoms with E-state index in [4.69, 9.17) is 23.7 Å². The summed E-state index contributed by atoms with van der Waals surface area (Å²) in [4.78, 5) is 63.4. The topological polar surface area (TPSA) is 132 Å². The summed E-state index contributed by atoms with van der Waals surface area (Å²) in [5, 5.41) is 0. The summed E-state index contributed by atoms with van der Waals surface area (Å²) in [5.41, 5.74) is -1.29. The fourth-order valence-electron chi connectivity index (χ4n) is 6.58. The van der Waals surface area contributed by atoms with Crippen molar-refractivity contribution >= 4 is 29.8 Å². The smallest absolute Gasteiger partial charge is 0.338 e. The van der Waals surface area contributed by atoms with Gasteiger partial charge in [0.1, 0.15) is 24.4 Å². The third-order valence-electron chi connectivity index (χ3n) is 8.61. The molecule has 10 nitrogen and oxygen atoms in total. The average molecular weight is 627 g/mol. The van der Waals surface area contributed by atoms with Crippen molar-refractivity contribution in [3.05, 3.63) is 59.7 Å². The fraction of sp³-hybridized carbons (Fsp3) is 0.571. The molecule has 10 heteroatoms. The second-order valence-electron chi connectivity index (χ2n) is 12.9. The molecule has 1 aromatic carbocycles. The molecule has 0 bridgehead atoms. The first-order chi connectivity index (χ1) is 21.0. The molecule has 2 aliphatic carbocycles. The molecular formula is C35H46O10. The summed E-state index contributed by atoms with van der Waals surface area (Å²) in [6, 6.07) is 8.54. The molecule has 0 heterocycles. The summed E-state index contributed by atoms with van der Waals surface area (Å²) in [7, 11) is 0. The minimum atomic E-state index is -1.46. The minimum absolute atomic E-state index is 0.137. The highest BCUT2D eigenvalue weighted by molar-refractivity contribution is 5.89. The van der Waals surface area contributed by atoms with E-state index in [1.54, 1.807) is 43.3 Å². The van der Waals surface area contributed by atoms with Gasteiger partial charge in [0.15, 0.2) is 5.60 Å². The number of rotatable bonds is 6. The Morgan fingerprint density at radius 1 is 0.800 bits per heavy atom. The predicted molar refractivity (Wildman–Crippen MR) is 165 cm³/mol. The molecule has 1 fully saturated rings. The van der Waals surface area contributed by atoms with Crippen LogP contribution in [0.15, 0.2) is 54.1 Å². The predicted octanol–water partition coefficient (Wildman–Crippen LogP) is 5.53. The first-order valence-corrected chi connectivity index (χ1v) is 15.3. The van der Waals surface area contributed by atoms with Crippen molar-refractivity contribution in [2.45, 2.75) is 105 Å². The Balaban J connectivity index is 2.32. The molecule has 0 unspecified atom stereocenters. The molecule has 0 aromatic heterocycles. The van der Waals surface area contributed by atoms with Gasteiger partial charge in [-0.25, -0.2) is 4.79 Å². The molecule has 0 aliphatic heterocycles. The van der Waals surface area contributed by atoms with Crippen molar-refractivity contribution in [2.24, 2.45) is 23.2 Å². The molecule has 246 valence electrons.